The van der Waals surface area contributed by atoms with Crippen molar-refractivity contribution in [3.63, 3.8) is 0 Å². The van der Waals surface area contributed by atoms with Crippen LogP contribution in [0.3, 0.4) is 0 Å². The molecule has 0 aromatic carbocycles. The molecule has 1 fully saturated rings. The van der Waals surface area contributed by atoms with Crippen LogP contribution in [-0.4, -0.2) is 10.9 Å². The van der Waals surface area contributed by atoms with E-state index < -0.39 is 0 Å². The molecular weight excluding hydrogens is 174 g/mol. The second-order valence-corrected chi connectivity index (χ2v) is 3.83. The van der Waals surface area contributed by atoms with Crippen molar-refractivity contribution in [1.82, 2.24) is 0 Å². The molecule has 2 rings (SSSR count). The highest BCUT2D eigenvalue weighted by Crippen LogP contribution is 2.25. The van der Waals surface area contributed by atoms with Gasteiger partial charge in [0.05, 0.1) is 5.71 Å². The Morgan fingerprint density at radius 1 is 1.07 bits per heavy atom. The van der Waals surface area contributed by atoms with Crippen molar-refractivity contribution in [2.75, 3.05) is 0 Å². The first-order valence-corrected chi connectivity index (χ1v) is 5.17. The van der Waals surface area contributed by atoms with Crippen LogP contribution in [-0.2, 0) is 0 Å². The molecule has 2 heteroatoms. The van der Waals surface area contributed by atoms with E-state index in [9.17, 15) is 0 Å². The van der Waals surface area contributed by atoms with Gasteiger partial charge in [-0.1, -0.05) is 35.0 Å². The molecule has 0 unspecified atom stereocenters. The van der Waals surface area contributed by atoms with Crippen LogP contribution in [0.15, 0.2) is 40.6 Å². The molecule has 0 heterocycles. The van der Waals surface area contributed by atoms with Crippen LogP contribution < -0.4 is 0 Å². The zero-order valence-electron chi connectivity index (χ0n) is 8.24. The average Bonchev–Trinajstić information content (AvgIpc) is 2.41. The minimum absolute atomic E-state index is 0.863. The second kappa shape index (κ2) is 4.27. The van der Waals surface area contributed by atoms with Crippen molar-refractivity contribution in [3.05, 3.63) is 35.5 Å². The van der Waals surface area contributed by atoms with Crippen molar-refractivity contribution >= 4 is 5.71 Å². The zero-order chi connectivity index (χ0) is 9.80. The maximum atomic E-state index is 8.92. The van der Waals surface area contributed by atoms with Gasteiger partial charge >= 0.3 is 0 Å². The van der Waals surface area contributed by atoms with Crippen LogP contribution in [0.4, 0.5) is 0 Å². The first-order valence-electron chi connectivity index (χ1n) is 5.17. The summed E-state index contributed by atoms with van der Waals surface area (Å²) < 4.78 is 0. The van der Waals surface area contributed by atoms with E-state index in [0.29, 0.717) is 0 Å². The van der Waals surface area contributed by atoms with E-state index in [2.05, 4.69) is 23.4 Å². The molecule has 2 aliphatic carbocycles. The van der Waals surface area contributed by atoms with Crippen LogP contribution in [0.5, 0.6) is 0 Å². The fraction of sp³-hybridized carbons (Fsp3) is 0.417. The van der Waals surface area contributed by atoms with Crippen molar-refractivity contribution in [2.24, 2.45) is 5.16 Å². The van der Waals surface area contributed by atoms with Gasteiger partial charge in [0.1, 0.15) is 0 Å². The molecule has 14 heavy (non-hydrogen) atoms. The predicted octanol–water partition coefficient (Wildman–Crippen LogP) is 3.20. The van der Waals surface area contributed by atoms with Gasteiger partial charge in [-0.05, 0) is 37.7 Å². The summed E-state index contributed by atoms with van der Waals surface area (Å²) in [6.45, 7) is 0. The molecule has 0 atom stereocenters. The smallest absolute Gasteiger partial charge is 0.0830 e. The molecule has 2 bridgehead atoms. The van der Waals surface area contributed by atoms with Crippen molar-refractivity contribution in [1.29, 1.82) is 0 Å². The average molecular weight is 189 g/mol. The van der Waals surface area contributed by atoms with Crippen LogP contribution in [0, 0.1) is 0 Å². The number of hydrogen-bond acceptors (Lipinski definition) is 2. The highest BCUT2D eigenvalue weighted by atomic mass is 16.4. The summed E-state index contributed by atoms with van der Waals surface area (Å²) in [5.74, 6) is 0. The Labute approximate surface area is 84.3 Å². The standard InChI is InChI=1S/C12H15NO/c14-13-12-8-4-2-6-10-5-1-3-7-11(12)9-10/h1,3,5,7,14H,2,4,6,8-9H2/b13-12+. The lowest BCUT2D eigenvalue weighted by atomic mass is 9.91. The zero-order valence-corrected chi connectivity index (χ0v) is 8.24. The number of oxime groups is 1. The first-order chi connectivity index (χ1) is 6.90. The lowest BCUT2D eigenvalue weighted by Gasteiger charge is -2.14. The number of rotatable bonds is 0. The summed E-state index contributed by atoms with van der Waals surface area (Å²) in [5.41, 5.74) is 3.49. The summed E-state index contributed by atoms with van der Waals surface area (Å²) in [6, 6.07) is 0. The van der Waals surface area contributed by atoms with Gasteiger partial charge in [-0.25, -0.2) is 0 Å². The summed E-state index contributed by atoms with van der Waals surface area (Å²) in [7, 11) is 0. The number of fused-ring (bicyclic) bond motifs is 2. The van der Waals surface area contributed by atoms with Gasteiger partial charge in [0, 0.05) is 0 Å². The monoisotopic (exact) mass is 189 g/mol. The first kappa shape index (κ1) is 9.25. The number of hydrogen-bond donors (Lipinski definition) is 1. The van der Waals surface area contributed by atoms with E-state index in [0.717, 1.165) is 25.0 Å². The van der Waals surface area contributed by atoms with Crippen LogP contribution >= 0.6 is 0 Å². The van der Waals surface area contributed by atoms with Gasteiger partial charge in [0.2, 0.25) is 0 Å². The topological polar surface area (TPSA) is 32.6 Å². The van der Waals surface area contributed by atoms with Crippen molar-refractivity contribution in [2.45, 2.75) is 32.1 Å². The molecular formula is C12H15NO. The lowest BCUT2D eigenvalue weighted by molar-refractivity contribution is 0.317. The second-order valence-electron chi connectivity index (χ2n) is 3.83. The number of allylic oxidation sites excluding steroid dienone is 6. The van der Waals surface area contributed by atoms with E-state index in [4.69, 9.17) is 5.21 Å². The summed E-state index contributed by atoms with van der Waals surface area (Å²) in [4.78, 5) is 0. The van der Waals surface area contributed by atoms with Crippen LogP contribution in [0.1, 0.15) is 32.1 Å². The Hall–Kier alpha value is -1.31. The van der Waals surface area contributed by atoms with Gasteiger partial charge in [-0.2, -0.15) is 0 Å². The van der Waals surface area contributed by atoms with Gasteiger partial charge < -0.3 is 5.21 Å². The van der Waals surface area contributed by atoms with E-state index >= 15 is 0 Å². The molecule has 74 valence electrons. The van der Waals surface area contributed by atoms with E-state index in [1.54, 1.807) is 0 Å². The molecule has 0 aromatic rings. The van der Waals surface area contributed by atoms with Crippen LogP contribution in [0.25, 0.3) is 0 Å². The van der Waals surface area contributed by atoms with Gasteiger partial charge in [-0.15, -0.1) is 0 Å². The molecule has 0 aliphatic heterocycles. The fourth-order valence-electron chi connectivity index (χ4n) is 2.02. The third-order valence-electron chi connectivity index (χ3n) is 2.81. The highest BCUT2D eigenvalue weighted by Gasteiger charge is 2.14. The fourth-order valence-corrected chi connectivity index (χ4v) is 2.02. The Morgan fingerprint density at radius 2 is 1.86 bits per heavy atom. The van der Waals surface area contributed by atoms with Gasteiger partial charge in [-0.3, -0.25) is 0 Å². The highest BCUT2D eigenvalue weighted by molar-refractivity contribution is 6.00. The third-order valence-corrected chi connectivity index (χ3v) is 2.81. The quantitative estimate of drug-likeness (QED) is 0.460. The normalized spacial score (nSPS) is 24.7. The molecule has 0 saturated heterocycles. The number of nitrogens with zero attached hydrogens (tertiary/aromatic N) is 1. The molecule has 2 nitrogen and oxygen atoms in total. The van der Waals surface area contributed by atoms with E-state index in [1.165, 1.54) is 24.0 Å². The molecule has 2 aliphatic rings. The largest absolute Gasteiger partial charge is 0.411 e. The minimum atomic E-state index is 0.863. The minimum Gasteiger partial charge on any atom is -0.411 e. The maximum absolute atomic E-state index is 8.92. The predicted molar refractivity (Wildman–Crippen MR) is 57.6 cm³/mol. The Bertz CT molecular complexity index is 334. The Morgan fingerprint density at radius 3 is 2.71 bits per heavy atom. The molecule has 0 radical (unpaired) electrons. The Balaban J connectivity index is 2.31. The van der Waals surface area contributed by atoms with Crippen molar-refractivity contribution in [3.8, 4) is 0 Å². The SMILES string of the molecule is O/N=C1\CCCCC2=CC=CC=C1C2. The molecule has 0 amide bonds. The van der Waals surface area contributed by atoms with E-state index in [-0.39, 0.29) is 0 Å². The van der Waals surface area contributed by atoms with Gasteiger partial charge in [0.25, 0.3) is 0 Å². The summed E-state index contributed by atoms with van der Waals surface area (Å²) in [6.07, 6.45) is 13.7. The van der Waals surface area contributed by atoms with Gasteiger partial charge in [0.15, 0.2) is 0 Å². The lowest BCUT2D eigenvalue weighted by Crippen LogP contribution is -2.07. The van der Waals surface area contributed by atoms with Crippen LogP contribution in [0.2, 0.25) is 0 Å². The Kier molecular flexibility index (Phi) is 2.82. The van der Waals surface area contributed by atoms with Crippen molar-refractivity contribution < 1.29 is 5.21 Å². The van der Waals surface area contributed by atoms with E-state index in [1.807, 2.05) is 6.08 Å². The molecule has 1 N–H and O–H groups in total. The maximum Gasteiger partial charge on any atom is 0.0830 e. The molecule has 0 aromatic heterocycles. The third kappa shape index (κ3) is 1.95. The summed E-state index contributed by atoms with van der Waals surface area (Å²) >= 11 is 0. The molecule has 0 spiro atoms. The molecule has 1 saturated carbocycles. The summed E-state index contributed by atoms with van der Waals surface area (Å²) in [5, 5.41) is 12.3.